The van der Waals surface area contributed by atoms with Crippen LogP contribution >= 0.6 is 0 Å². The molecule has 0 N–H and O–H groups in total. The fourth-order valence-electron chi connectivity index (χ4n) is 2.69. The van der Waals surface area contributed by atoms with Crippen LogP contribution in [-0.2, 0) is 0 Å². The van der Waals surface area contributed by atoms with Crippen LogP contribution in [0.3, 0.4) is 0 Å². The maximum absolute atomic E-state index is 12.8. The zero-order valence-corrected chi connectivity index (χ0v) is 15.4. The zero-order valence-electron chi connectivity index (χ0n) is 15.4. The van der Waals surface area contributed by atoms with Crippen LogP contribution in [0.25, 0.3) is 0 Å². The van der Waals surface area contributed by atoms with Crippen molar-refractivity contribution in [3.63, 3.8) is 0 Å². The third kappa shape index (κ3) is 3.99. The Morgan fingerprint density at radius 1 is 0.923 bits per heavy atom. The van der Waals surface area contributed by atoms with Crippen molar-refractivity contribution in [2.75, 3.05) is 19.6 Å². The molecule has 0 atom stereocenters. The lowest BCUT2D eigenvalue weighted by Gasteiger charge is -2.19. The molecule has 1 aromatic carbocycles. The number of allylic oxidation sites excluding steroid dienone is 3. The molecule has 1 aliphatic rings. The van der Waals surface area contributed by atoms with Crippen molar-refractivity contribution in [2.24, 2.45) is 0 Å². The van der Waals surface area contributed by atoms with E-state index in [1.165, 1.54) is 11.0 Å². The second kappa shape index (κ2) is 8.94. The molecule has 0 fully saturated rings. The van der Waals surface area contributed by atoms with E-state index in [0.29, 0.717) is 29.8 Å². The first-order valence-corrected chi connectivity index (χ1v) is 8.68. The molecule has 5 nitrogen and oxygen atoms in total. The molecule has 0 saturated heterocycles. The molecule has 0 bridgehead atoms. The second-order valence-corrected chi connectivity index (χ2v) is 5.90. The Labute approximate surface area is 154 Å². The summed E-state index contributed by atoms with van der Waals surface area (Å²) in [5, 5.41) is 0. The van der Waals surface area contributed by atoms with Gasteiger partial charge in [-0.2, -0.15) is 0 Å². The van der Waals surface area contributed by atoms with E-state index in [-0.39, 0.29) is 24.3 Å². The molecule has 136 valence electrons. The van der Waals surface area contributed by atoms with E-state index < -0.39 is 0 Å². The molecular formula is C21H24N2O3. The maximum Gasteiger partial charge on any atom is 0.261 e. The lowest BCUT2D eigenvalue weighted by Crippen LogP contribution is -2.31. The Hall–Kier alpha value is -2.95. The SMILES string of the molecule is CC=CCN(CC=CC)C(=O)c1ccc2c(c1)C(=O)N(CC=CC)C2=O. The number of fused-ring (bicyclic) bond motifs is 1. The van der Waals surface area contributed by atoms with Crippen LogP contribution in [0.2, 0.25) is 0 Å². The molecule has 0 saturated carbocycles. The van der Waals surface area contributed by atoms with Gasteiger partial charge in [-0.25, -0.2) is 0 Å². The summed E-state index contributed by atoms with van der Waals surface area (Å²) in [7, 11) is 0. The molecule has 0 radical (unpaired) electrons. The van der Waals surface area contributed by atoms with Crippen LogP contribution in [0.15, 0.2) is 54.7 Å². The largest absolute Gasteiger partial charge is 0.331 e. The minimum Gasteiger partial charge on any atom is -0.331 e. The Morgan fingerprint density at radius 3 is 2.08 bits per heavy atom. The normalized spacial score (nSPS) is 14.2. The first kappa shape index (κ1) is 19.4. The van der Waals surface area contributed by atoms with Crippen molar-refractivity contribution >= 4 is 17.7 Å². The van der Waals surface area contributed by atoms with Crippen molar-refractivity contribution in [1.82, 2.24) is 9.80 Å². The molecule has 0 aliphatic carbocycles. The van der Waals surface area contributed by atoms with Gasteiger partial charge in [-0.15, -0.1) is 0 Å². The minimum atomic E-state index is -0.355. The van der Waals surface area contributed by atoms with Gasteiger partial charge in [-0.05, 0) is 39.0 Å². The number of hydrogen-bond donors (Lipinski definition) is 0. The lowest BCUT2D eigenvalue weighted by atomic mass is 10.0. The van der Waals surface area contributed by atoms with E-state index in [1.807, 2.05) is 45.1 Å². The van der Waals surface area contributed by atoms with E-state index in [2.05, 4.69) is 0 Å². The number of carbonyl (C=O) groups excluding carboxylic acids is 3. The van der Waals surface area contributed by atoms with Crippen LogP contribution in [0.1, 0.15) is 51.8 Å². The summed E-state index contributed by atoms with van der Waals surface area (Å²) in [4.78, 5) is 40.6. The molecule has 1 aromatic rings. The number of rotatable bonds is 7. The molecule has 3 amide bonds. The molecule has 2 rings (SSSR count). The van der Waals surface area contributed by atoms with E-state index in [0.717, 1.165) is 0 Å². The monoisotopic (exact) mass is 352 g/mol. The Morgan fingerprint density at radius 2 is 1.50 bits per heavy atom. The van der Waals surface area contributed by atoms with Gasteiger partial charge in [0.1, 0.15) is 0 Å². The highest BCUT2D eigenvalue weighted by Gasteiger charge is 2.35. The van der Waals surface area contributed by atoms with Gasteiger partial charge in [-0.3, -0.25) is 19.3 Å². The van der Waals surface area contributed by atoms with E-state index >= 15 is 0 Å². The highest BCUT2D eigenvalue weighted by molar-refractivity contribution is 6.22. The number of hydrogen-bond acceptors (Lipinski definition) is 3. The van der Waals surface area contributed by atoms with Crippen LogP contribution in [-0.4, -0.2) is 47.2 Å². The summed E-state index contributed by atoms with van der Waals surface area (Å²) >= 11 is 0. The fraction of sp³-hybridized carbons (Fsp3) is 0.286. The van der Waals surface area contributed by atoms with Crippen LogP contribution in [0.5, 0.6) is 0 Å². The topological polar surface area (TPSA) is 57.7 Å². The summed E-state index contributed by atoms with van der Waals surface area (Å²) in [6.45, 7) is 6.84. The molecular weight excluding hydrogens is 328 g/mol. The Kier molecular flexibility index (Phi) is 6.67. The van der Waals surface area contributed by atoms with Crippen molar-refractivity contribution in [1.29, 1.82) is 0 Å². The number of nitrogens with zero attached hydrogens (tertiary/aromatic N) is 2. The predicted octanol–water partition coefficient (Wildman–Crippen LogP) is 3.45. The van der Waals surface area contributed by atoms with Gasteiger partial charge >= 0.3 is 0 Å². The molecule has 1 heterocycles. The van der Waals surface area contributed by atoms with Gasteiger partial charge < -0.3 is 4.90 Å². The van der Waals surface area contributed by atoms with Crippen molar-refractivity contribution in [3.8, 4) is 0 Å². The van der Waals surface area contributed by atoms with Crippen molar-refractivity contribution in [3.05, 3.63) is 71.3 Å². The summed E-state index contributed by atoms with van der Waals surface area (Å²) in [5.41, 5.74) is 1.05. The van der Waals surface area contributed by atoms with Crippen LogP contribution < -0.4 is 0 Å². The van der Waals surface area contributed by atoms with Gasteiger partial charge in [-0.1, -0.05) is 36.5 Å². The first-order chi connectivity index (χ1) is 12.5. The van der Waals surface area contributed by atoms with Gasteiger partial charge in [0, 0.05) is 25.2 Å². The third-order valence-electron chi connectivity index (χ3n) is 4.15. The van der Waals surface area contributed by atoms with Gasteiger partial charge in [0.2, 0.25) is 0 Å². The summed E-state index contributed by atoms with van der Waals surface area (Å²) in [5.74, 6) is -0.843. The second-order valence-electron chi connectivity index (χ2n) is 5.90. The fourth-order valence-corrected chi connectivity index (χ4v) is 2.69. The average molecular weight is 352 g/mol. The zero-order chi connectivity index (χ0) is 19.1. The van der Waals surface area contributed by atoms with E-state index in [9.17, 15) is 14.4 Å². The van der Waals surface area contributed by atoms with Crippen molar-refractivity contribution < 1.29 is 14.4 Å². The predicted molar refractivity (Wildman–Crippen MR) is 102 cm³/mol. The minimum absolute atomic E-state index is 0.170. The van der Waals surface area contributed by atoms with Crippen LogP contribution in [0, 0.1) is 0 Å². The highest BCUT2D eigenvalue weighted by atomic mass is 16.2. The summed E-state index contributed by atoms with van der Waals surface area (Å²) < 4.78 is 0. The van der Waals surface area contributed by atoms with Crippen molar-refractivity contribution in [2.45, 2.75) is 20.8 Å². The Bertz CT molecular complexity index is 776. The number of imide groups is 1. The molecule has 26 heavy (non-hydrogen) atoms. The summed E-state index contributed by atoms with van der Waals surface area (Å²) in [6, 6.07) is 4.72. The lowest BCUT2D eigenvalue weighted by molar-refractivity contribution is 0.0671. The van der Waals surface area contributed by atoms with Gasteiger partial charge in [0.05, 0.1) is 11.1 Å². The standard InChI is InChI=1S/C21H24N2O3/c1-4-7-12-22(13-8-5-2)19(24)16-10-11-17-18(15-16)21(26)23(20(17)25)14-9-6-3/h4-11,15H,12-14H2,1-3H3. The quantitative estimate of drug-likeness (QED) is 0.558. The smallest absolute Gasteiger partial charge is 0.261 e. The number of carbonyl (C=O) groups is 3. The Balaban J connectivity index is 2.30. The number of amides is 3. The molecule has 5 heteroatoms. The van der Waals surface area contributed by atoms with E-state index in [4.69, 9.17) is 0 Å². The molecule has 0 spiro atoms. The maximum atomic E-state index is 12.8. The molecule has 1 aliphatic heterocycles. The summed E-state index contributed by atoms with van der Waals surface area (Å²) in [6.07, 6.45) is 11.1. The number of benzene rings is 1. The van der Waals surface area contributed by atoms with E-state index in [1.54, 1.807) is 29.2 Å². The third-order valence-corrected chi connectivity index (χ3v) is 4.15. The molecule has 0 aromatic heterocycles. The highest BCUT2D eigenvalue weighted by Crippen LogP contribution is 2.24. The average Bonchev–Trinajstić information content (AvgIpc) is 2.89. The van der Waals surface area contributed by atoms with Gasteiger partial charge in [0.25, 0.3) is 17.7 Å². The van der Waals surface area contributed by atoms with Crippen LogP contribution in [0.4, 0.5) is 0 Å². The first-order valence-electron chi connectivity index (χ1n) is 8.68. The molecule has 0 unspecified atom stereocenters. The van der Waals surface area contributed by atoms with Gasteiger partial charge in [0.15, 0.2) is 0 Å².